The SMILES string of the molecule is O=C(Nc1c(Cl)cc(F)cc1Cl)c1nc[nH]c1C(=O)O. The Morgan fingerprint density at radius 1 is 1.30 bits per heavy atom. The van der Waals surface area contributed by atoms with Crippen LogP contribution in [-0.4, -0.2) is 27.0 Å². The number of aromatic carboxylic acids is 1. The number of rotatable bonds is 3. The van der Waals surface area contributed by atoms with Gasteiger partial charge >= 0.3 is 5.97 Å². The third-order valence-corrected chi connectivity index (χ3v) is 2.91. The first-order chi connectivity index (χ1) is 9.40. The number of amides is 1. The number of imidazole rings is 1. The van der Waals surface area contributed by atoms with E-state index in [4.69, 9.17) is 28.3 Å². The molecule has 2 rings (SSSR count). The summed E-state index contributed by atoms with van der Waals surface area (Å²) in [5.41, 5.74) is -0.745. The van der Waals surface area contributed by atoms with E-state index in [2.05, 4.69) is 15.3 Å². The van der Waals surface area contributed by atoms with Gasteiger partial charge < -0.3 is 15.4 Å². The molecule has 0 radical (unpaired) electrons. The van der Waals surface area contributed by atoms with E-state index in [0.29, 0.717) is 0 Å². The van der Waals surface area contributed by atoms with Crippen molar-refractivity contribution in [1.82, 2.24) is 9.97 Å². The largest absolute Gasteiger partial charge is 0.477 e. The van der Waals surface area contributed by atoms with Crippen LogP contribution in [0.3, 0.4) is 0 Å². The van der Waals surface area contributed by atoms with Gasteiger partial charge in [0.15, 0.2) is 11.4 Å². The molecule has 0 saturated carbocycles. The lowest BCUT2D eigenvalue weighted by atomic mass is 10.2. The average Bonchev–Trinajstić information content (AvgIpc) is 2.82. The van der Waals surface area contributed by atoms with Crippen LogP contribution >= 0.6 is 23.2 Å². The van der Waals surface area contributed by atoms with Crippen LogP contribution in [0.2, 0.25) is 10.0 Å². The molecule has 3 N–H and O–H groups in total. The molecule has 1 aromatic carbocycles. The molecular weight excluding hydrogens is 312 g/mol. The highest BCUT2D eigenvalue weighted by Crippen LogP contribution is 2.31. The maximum absolute atomic E-state index is 13.0. The highest BCUT2D eigenvalue weighted by Gasteiger charge is 2.21. The number of nitrogens with one attached hydrogen (secondary N) is 2. The van der Waals surface area contributed by atoms with Gasteiger partial charge in [0.2, 0.25) is 0 Å². The molecule has 9 heteroatoms. The minimum absolute atomic E-state index is 0.0286. The molecule has 0 unspecified atom stereocenters. The first-order valence-electron chi connectivity index (χ1n) is 5.12. The Morgan fingerprint density at radius 3 is 2.45 bits per heavy atom. The fourth-order valence-electron chi connectivity index (χ4n) is 1.46. The van der Waals surface area contributed by atoms with E-state index in [1.165, 1.54) is 0 Å². The van der Waals surface area contributed by atoms with Gasteiger partial charge in [0.05, 0.1) is 22.1 Å². The predicted octanol–water partition coefficient (Wildman–Crippen LogP) is 2.81. The third-order valence-electron chi connectivity index (χ3n) is 2.31. The van der Waals surface area contributed by atoms with Gasteiger partial charge in [-0.3, -0.25) is 4.79 Å². The number of carboxylic acids is 1. The summed E-state index contributed by atoms with van der Waals surface area (Å²) < 4.78 is 13.0. The third kappa shape index (κ3) is 2.73. The lowest BCUT2D eigenvalue weighted by Crippen LogP contribution is -2.17. The number of hydrogen-bond donors (Lipinski definition) is 3. The lowest BCUT2D eigenvalue weighted by molar-refractivity contribution is 0.0686. The van der Waals surface area contributed by atoms with E-state index in [0.717, 1.165) is 18.5 Å². The van der Waals surface area contributed by atoms with Crippen LogP contribution in [0.4, 0.5) is 10.1 Å². The van der Waals surface area contributed by atoms with Gasteiger partial charge in [-0.15, -0.1) is 0 Å². The minimum atomic E-state index is -1.34. The highest BCUT2D eigenvalue weighted by molar-refractivity contribution is 6.40. The quantitative estimate of drug-likeness (QED) is 0.811. The number of halogens is 3. The Labute approximate surface area is 121 Å². The minimum Gasteiger partial charge on any atom is -0.477 e. The van der Waals surface area contributed by atoms with Crippen molar-refractivity contribution in [3.63, 3.8) is 0 Å². The van der Waals surface area contributed by atoms with Crippen LogP contribution in [-0.2, 0) is 0 Å². The van der Waals surface area contributed by atoms with Gasteiger partial charge in [-0.25, -0.2) is 14.2 Å². The summed E-state index contributed by atoms with van der Waals surface area (Å²) in [6.45, 7) is 0. The van der Waals surface area contributed by atoms with E-state index < -0.39 is 17.7 Å². The smallest absolute Gasteiger partial charge is 0.354 e. The highest BCUT2D eigenvalue weighted by atomic mass is 35.5. The molecule has 0 atom stereocenters. The molecule has 0 saturated heterocycles. The molecule has 0 spiro atoms. The van der Waals surface area contributed by atoms with Crippen LogP contribution in [0.25, 0.3) is 0 Å². The summed E-state index contributed by atoms with van der Waals surface area (Å²) >= 11 is 11.5. The zero-order valence-electron chi connectivity index (χ0n) is 9.58. The first kappa shape index (κ1) is 14.3. The van der Waals surface area contributed by atoms with Gasteiger partial charge in [-0.1, -0.05) is 23.2 Å². The summed E-state index contributed by atoms with van der Waals surface area (Å²) in [7, 11) is 0. The zero-order chi connectivity index (χ0) is 14.9. The summed E-state index contributed by atoms with van der Waals surface area (Å²) in [4.78, 5) is 28.7. The lowest BCUT2D eigenvalue weighted by Gasteiger charge is -2.08. The molecule has 0 bridgehead atoms. The van der Waals surface area contributed by atoms with Gasteiger partial charge in [0.25, 0.3) is 5.91 Å². The molecule has 1 aromatic heterocycles. The van der Waals surface area contributed by atoms with Gasteiger partial charge in [-0.05, 0) is 12.1 Å². The zero-order valence-corrected chi connectivity index (χ0v) is 11.1. The summed E-state index contributed by atoms with van der Waals surface area (Å²) in [5.74, 6) is -2.84. The number of carbonyl (C=O) groups is 2. The van der Waals surface area contributed by atoms with Crippen LogP contribution in [0.5, 0.6) is 0 Å². The van der Waals surface area contributed by atoms with E-state index >= 15 is 0 Å². The van der Waals surface area contributed by atoms with E-state index in [-0.39, 0.29) is 27.1 Å². The van der Waals surface area contributed by atoms with Crippen molar-refractivity contribution in [3.8, 4) is 0 Å². The fourth-order valence-corrected chi connectivity index (χ4v) is 2.02. The normalized spacial score (nSPS) is 10.3. The standard InChI is InChI=1S/C11H6Cl2FN3O3/c12-5-1-4(14)2-6(13)7(5)17-10(18)8-9(11(19)20)16-3-15-8/h1-3H,(H,15,16)(H,17,18)(H,19,20). The van der Waals surface area contributed by atoms with Gasteiger partial charge in [0.1, 0.15) is 5.82 Å². The number of aromatic nitrogens is 2. The molecular formula is C11H6Cl2FN3O3. The maximum Gasteiger partial charge on any atom is 0.354 e. The average molecular weight is 318 g/mol. The van der Waals surface area contributed by atoms with Gasteiger partial charge in [-0.2, -0.15) is 0 Å². The summed E-state index contributed by atoms with van der Waals surface area (Å²) in [6, 6.07) is 1.93. The molecule has 0 aliphatic rings. The van der Waals surface area contributed by atoms with Crippen molar-refractivity contribution in [2.45, 2.75) is 0 Å². The van der Waals surface area contributed by atoms with E-state index in [1.54, 1.807) is 0 Å². The second kappa shape index (κ2) is 5.48. The molecule has 2 aromatic rings. The van der Waals surface area contributed by atoms with Crippen molar-refractivity contribution in [2.24, 2.45) is 0 Å². The van der Waals surface area contributed by atoms with Crippen LogP contribution in [0, 0.1) is 5.82 Å². The number of anilines is 1. The molecule has 6 nitrogen and oxygen atoms in total. The molecule has 1 heterocycles. The van der Waals surface area contributed by atoms with Crippen LogP contribution in [0.1, 0.15) is 21.0 Å². The Kier molecular flexibility index (Phi) is 3.91. The molecule has 20 heavy (non-hydrogen) atoms. The molecule has 1 amide bonds. The molecule has 0 fully saturated rings. The first-order valence-corrected chi connectivity index (χ1v) is 5.88. The number of aromatic amines is 1. The van der Waals surface area contributed by atoms with Crippen molar-refractivity contribution in [2.75, 3.05) is 5.32 Å². The van der Waals surface area contributed by atoms with Crippen LogP contribution < -0.4 is 5.32 Å². The predicted molar refractivity (Wildman–Crippen MR) is 69.9 cm³/mol. The second-order valence-electron chi connectivity index (χ2n) is 3.63. The number of H-pyrrole nitrogens is 1. The van der Waals surface area contributed by atoms with Crippen molar-refractivity contribution < 1.29 is 19.1 Å². The Bertz CT molecular complexity index is 679. The summed E-state index contributed by atoms with van der Waals surface area (Å²) in [5, 5.41) is 10.9. The van der Waals surface area contributed by atoms with Crippen molar-refractivity contribution in [1.29, 1.82) is 0 Å². The second-order valence-corrected chi connectivity index (χ2v) is 4.44. The van der Waals surface area contributed by atoms with Crippen molar-refractivity contribution >= 4 is 40.8 Å². The molecule has 0 aliphatic heterocycles. The van der Waals surface area contributed by atoms with Gasteiger partial charge in [0, 0.05) is 0 Å². The molecule has 104 valence electrons. The number of carboxylic acid groups (broad SMARTS) is 1. The topological polar surface area (TPSA) is 95.1 Å². The van der Waals surface area contributed by atoms with Crippen LogP contribution in [0.15, 0.2) is 18.5 Å². The molecule has 0 aliphatic carbocycles. The summed E-state index contributed by atoms with van der Waals surface area (Å²) in [6.07, 6.45) is 1.06. The fraction of sp³-hybridized carbons (Fsp3) is 0. The monoisotopic (exact) mass is 317 g/mol. The number of benzene rings is 1. The van der Waals surface area contributed by atoms with Crippen molar-refractivity contribution in [3.05, 3.63) is 45.7 Å². The number of carbonyl (C=O) groups excluding carboxylic acids is 1. The number of nitrogens with zero attached hydrogens (tertiary/aromatic N) is 1. The maximum atomic E-state index is 13.0. The Morgan fingerprint density at radius 2 is 1.90 bits per heavy atom. The van der Waals surface area contributed by atoms with E-state index in [9.17, 15) is 14.0 Å². The Balaban J connectivity index is 2.33. The van der Waals surface area contributed by atoms with E-state index in [1.807, 2.05) is 0 Å². The number of hydrogen-bond acceptors (Lipinski definition) is 3. The Hall–Kier alpha value is -2.12.